The number of aliphatic hydroxyl groups excluding tert-OH is 1. The van der Waals surface area contributed by atoms with Crippen LogP contribution in [0.3, 0.4) is 0 Å². The van der Waals surface area contributed by atoms with Crippen LogP contribution in [-0.4, -0.2) is 43.4 Å². The first-order chi connectivity index (χ1) is 7.29. The van der Waals surface area contributed by atoms with Crippen LogP contribution in [0.5, 0.6) is 0 Å². The predicted molar refractivity (Wildman–Crippen MR) is 59.0 cm³/mol. The molecule has 3 atom stereocenters. The Hall–Kier alpha value is 0.0300. The smallest absolute Gasteiger partial charge is 0.396 e. The SMILES string of the molecule is COP(=O)(O)OC[C@]1(C)CNCC1(C)CO. The highest BCUT2D eigenvalue weighted by Crippen LogP contribution is 2.48. The summed E-state index contributed by atoms with van der Waals surface area (Å²) in [5.41, 5.74) is -0.751. The third-order valence-electron chi connectivity index (χ3n) is 3.61. The van der Waals surface area contributed by atoms with E-state index in [1.165, 1.54) is 0 Å². The Kier molecular flexibility index (Phi) is 4.16. The molecule has 0 aliphatic carbocycles. The van der Waals surface area contributed by atoms with Gasteiger partial charge in [0, 0.05) is 31.0 Å². The first-order valence-corrected chi connectivity index (χ1v) is 6.63. The van der Waals surface area contributed by atoms with Gasteiger partial charge in [-0.15, -0.1) is 0 Å². The highest BCUT2D eigenvalue weighted by molar-refractivity contribution is 7.47. The summed E-state index contributed by atoms with van der Waals surface area (Å²) in [5.74, 6) is 0. The minimum absolute atomic E-state index is 0.00255. The lowest BCUT2D eigenvalue weighted by Crippen LogP contribution is -2.42. The second-order valence-corrected chi connectivity index (χ2v) is 6.37. The van der Waals surface area contributed by atoms with Crippen LogP contribution in [-0.2, 0) is 13.6 Å². The highest BCUT2D eigenvalue weighted by Gasteiger charge is 2.49. The van der Waals surface area contributed by atoms with E-state index in [0.717, 1.165) is 7.11 Å². The van der Waals surface area contributed by atoms with Crippen molar-refractivity contribution in [1.29, 1.82) is 0 Å². The van der Waals surface area contributed by atoms with Crippen molar-refractivity contribution in [3.63, 3.8) is 0 Å². The van der Waals surface area contributed by atoms with E-state index < -0.39 is 13.2 Å². The molecule has 0 aromatic carbocycles. The molecule has 0 amide bonds. The molecule has 0 aromatic rings. The van der Waals surface area contributed by atoms with Crippen LogP contribution in [0.15, 0.2) is 0 Å². The maximum atomic E-state index is 11.2. The number of nitrogens with one attached hydrogen (secondary N) is 1. The lowest BCUT2D eigenvalue weighted by molar-refractivity contribution is 0.00703. The van der Waals surface area contributed by atoms with Gasteiger partial charge in [-0.2, -0.15) is 0 Å². The largest absolute Gasteiger partial charge is 0.471 e. The van der Waals surface area contributed by atoms with E-state index in [1.54, 1.807) is 0 Å². The topological polar surface area (TPSA) is 88.0 Å². The molecule has 1 aliphatic heterocycles. The van der Waals surface area contributed by atoms with Crippen molar-refractivity contribution in [2.45, 2.75) is 13.8 Å². The number of aliphatic hydroxyl groups is 1. The van der Waals surface area contributed by atoms with E-state index in [4.69, 9.17) is 9.42 Å². The molecule has 96 valence electrons. The fourth-order valence-corrected chi connectivity index (χ4v) is 2.34. The zero-order chi connectivity index (χ0) is 12.4. The van der Waals surface area contributed by atoms with Crippen molar-refractivity contribution in [2.24, 2.45) is 10.8 Å². The van der Waals surface area contributed by atoms with Gasteiger partial charge in [0.1, 0.15) is 0 Å². The second kappa shape index (κ2) is 4.72. The van der Waals surface area contributed by atoms with Crippen LogP contribution in [0.1, 0.15) is 13.8 Å². The van der Waals surface area contributed by atoms with Gasteiger partial charge in [0.15, 0.2) is 0 Å². The van der Waals surface area contributed by atoms with Gasteiger partial charge in [-0.05, 0) is 0 Å². The number of phosphoric ester groups is 1. The summed E-state index contributed by atoms with van der Waals surface area (Å²) in [5, 5.41) is 12.5. The molecule has 6 nitrogen and oxygen atoms in total. The highest BCUT2D eigenvalue weighted by atomic mass is 31.2. The van der Waals surface area contributed by atoms with Gasteiger partial charge in [-0.3, -0.25) is 9.05 Å². The lowest BCUT2D eigenvalue weighted by Gasteiger charge is -2.38. The molecule has 0 bridgehead atoms. The van der Waals surface area contributed by atoms with E-state index in [-0.39, 0.29) is 18.6 Å². The molecule has 1 fully saturated rings. The third kappa shape index (κ3) is 2.64. The van der Waals surface area contributed by atoms with E-state index in [1.807, 2.05) is 13.8 Å². The van der Waals surface area contributed by atoms with Gasteiger partial charge >= 0.3 is 7.82 Å². The second-order valence-electron chi connectivity index (χ2n) is 4.81. The van der Waals surface area contributed by atoms with Gasteiger partial charge in [0.05, 0.1) is 13.2 Å². The van der Waals surface area contributed by atoms with Crippen LogP contribution >= 0.6 is 7.82 Å². The monoisotopic (exact) mass is 253 g/mol. The van der Waals surface area contributed by atoms with Gasteiger partial charge in [-0.1, -0.05) is 13.8 Å². The summed E-state index contributed by atoms with van der Waals surface area (Å²) in [4.78, 5) is 9.17. The number of hydrogen-bond acceptors (Lipinski definition) is 5. The maximum Gasteiger partial charge on any atom is 0.471 e. The number of phosphoric acid groups is 1. The van der Waals surface area contributed by atoms with Crippen molar-refractivity contribution >= 4 is 7.82 Å². The molecule has 1 aliphatic rings. The Morgan fingerprint density at radius 2 is 1.94 bits per heavy atom. The zero-order valence-corrected chi connectivity index (χ0v) is 10.8. The third-order valence-corrected chi connectivity index (χ3v) is 4.53. The molecule has 1 saturated heterocycles. The van der Waals surface area contributed by atoms with Crippen LogP contribution in [0.4, 0.5) is 0 Å². The number of rotatable bonds is 5. The molecule has 0 saturated carbocycles. The van der Waals surface area contributed by atoms with Gasteiger partial charge < -0.3 is 15.3 Å². The molecule has 1 heterocycles. The summed E-state index contributed by atoms with van der Waals surface area (Å²) < 4.78 is 20.5. The quantitative estimate of drug-likeness (QED) is 0.613. The molecule has 3 N–H and O–H groups in total. The summed E-state index contributed by atoms with van der Waals surface area (Å²) in [7, 11) is -2.82. The van der Waals surface area contributed by atoms with Crippen LogP contribution in [0.2, 0.25) is 0 Å². The molecule has 0 aromatic heterocycles. The van der Waals surface area contributed by atoms with Crippen molar-refractivity contribution in [3.05, 3.63) is 0 Å². The molecule has 7 heteroatoms. The van der Waals surface area contributed by atoms with E-state index >= 15 is 0 Å². The van der Waals surface area contributed by atoms with Crippen molar-refractivity contribution in [3.8, 4) is 0 Å². The average molecular weight is 253 g/mol. The normalized spacial score (nSPS) is 38.6. The lowest BCUT2D eigenvalue weighted by atomic mass is 9.69. The molecule has 16 heavy (non-hydrogen) atoms. The van der Waals surface area contributed by atoms with Crippen molar-refractivity contribution in [2.75, 3.05) is 33.4 Å². The molecular formula is C9H20NO5P. The maximum absolute atomic E-state index is 11.2. The Balaban J connectivity index is 2.68. The first kappa shape index (κ1) is 14.1. The predicted octanol–water partition coefficient (Wildman–Crippen LogP) is 0.358. The zero-order valence-electron chi connectivity index (χ0n) is 9.89. The minimum Gasteiger partial charge on any atom is -0.396 e. The Morgan fingerprint density at radius 3 is 2.44 bits per heavy atom. The van der Waals surface area contributed by atoms with Crippen molar-refractivity contribution in [1.82, 2.24) is 5.32 Å². The summed E-state index contributed by atoms with van der Waals surface area (Å²) >= 11 is 0. The van der Waals surface area contributed by atoms with Crippen LogP contribution in [0.25, 0.3) is 0 Å². The minimum atomic E-state index is -3.94. The van der Waals surface area contributed by atoms with Gasteiger partial charge in [0.25, 0.3) is 0 Å². The molecule has 2 unspecified atom stereocenters. The Bertz CT molecular complexity index is 300. The Morgan fingerprint density at radius 1 is 1.38 bits per heavy atom. The number of hydrogen-bond donors (Lipinski definition) is 3. The van der Waals surface area contributed by atoms with Crippen LogP contribution < -0.4 is 5.32 Å². The summed E-state index contributed by atoms with van der Waals surface area (Å²) in [6.07, 6.45) is 0. The molecule has 1 rings (SSSR count). The van der Waals surface area contributed by atoms with Gasteiger partial charge in [-0.25, -0.2) is 4.57 Å². The fourth-order valence-electron chi connectivity index (χ4n) is 1.79. The molecule has 0 radical (unpaired) electrons. The standard InChI is InChI=1S/C9H20NO5P/c1-8(6-11)4-10-5-9(8,2)7-15-16(12,13)14-3/h10-11H,4-7H2,1-3H3,(H,12,13)/t8?,9-/m0/s1. The van der Waals surface area contributed by atoms with E-state index in [0.29, 0.717) is 13.1 Å². The average Bonchev–Trinajstić information content (AvgIpc) is 2.54. The first-order valence-electron chi connectivity index (χ1n) is 5.13. The van der Waals surface area contributed by atoms with Gasteiger partial charge in [0.2, 0.25) is 0 Å². The summed E-state index contributed by atoms with van der Waals surface area (Å²) in [6, 6.07) is 0. The van der Waals surface area contributed by atoms with E-state index in [2.05, 4.69) is 9.84 Å². The van der Waals surface area contributed by atoms with Crippen molar-refractivity contribution < 1.29 is 23.6 Å². The summed E-state index contributed by atoms with van der Waals surface area (Å²) in [6.45, 7) is 5.20. The van der Waals surface area contributed by atoms with E-state index in [9.17, 15) is 9.67 Å². The molecular weight excluding hydrogens is 233 g/mol. The Labute approximate surface area is 95.6 Å². The van der Waals surface area contributed by atoms with Crippen LogP contribution in [0, 0.1) is 10.8 Å². The fraction of sp³-hybridized carbons (Fsp3) is 1.00. The molecule has 0 spiro atoms.